The predicted molar refractivity (Wildman–Crippen MR) is 150 cm³/mol. The lowest BCUT2D eigenvalue weighted by Gasteiger charge is -2.24. The quantitative estimate of drug-likeness (QED) is 0.313. The number of carbonyl (C=O) groups excluding carboxylic acids is 2. The minimum absolute atomic E-state index is 0.0599. The molecule has 2 amide bonds. The van der Waals surface area contributed by atoms with E-state index >= 15 is 0 Å². The Hall–Kier alpha value is -3.98. The first-order valence-electron chi connectivity index (χ1n) is 12.8. The van der Waals surface area contributed by atoms with Gasteiger partial charge in [-0.25, -0.2) is 13.5 Å². The van der Waals surface area contributed by atoms with Crippen LogP contribution in [0.2, 0.25) is 0 Å². The van der Waals surface area contributed by atoms with Crippen molar-refractivity contribution in [2.75, 3.05) is 17.2 Å². The summed E-state index contributed by atoms with van der Waals surface area (Å²) in [5.74, 6) is -0.890. The Labute approximate surface area is 230 Å². The second-order valence-corrected chi connectivity index (χ2v) is 10.5. The van der Waals surface area contributed by atoms with Gasteiger partial charge < -0.3 is 5.32 Å². The lowest BCUT2D eigenvalue weighted by molar-refractivity contribution is -0.123. The van der Waals surface area contributed by atoms with Crippen LogP contribution in [0.25, 0.3) is 16.9 Å². The molecule has 1 aliphatic heterocycles. The third-order valence-corrected chi connectivity index (χ3v) is 7.94. The van der Waals surface area contributed by atoms with E-state index < -0.39 is 11.1 Å². The Morgan fingerprint density at radius 3 is 2.49 bits per heavy atom. The van der Waals surface area contributed by atoms with Gasteiger partial charge in [0.2, 0.25) is 11.8 Å². The zero-order valence-corrected chi connectivity index (χ0v) is 22.4. The molecule has 9 heteroatoms. The van der Waals surface area contributed by atoms with Gasteiger partial charge >= 0.3 is 0 Å². The van der Waals surface area contributed by atoms with Gasteiger partial charge in [-0.3, -0.25) is 14.5 Å². The molecule has 6 nitrogen and oxygen atoms in total. The van der Waals surface area contributed by atoms with Gasteiger partial charge in [0, 0.05) is 17.2 Å². The van der Waals surface area contributed by atoms with Gasteiger partial charge in [-0.05, 0) is 55.3 Å². The van der Waals surface area contributed by atoms with Gasteiger partial charge in [-0.2, -0.15) is 5.10 Å². The molecule has 3 aromatic carbocycles. The van der Waals surface area contributed by atoms with E-state index in [9.17, 15) is 18.4 Å². The van der Waals surface area contributed by atoms with E-state index in [1.54, 1.807) is 22.9 Å². The van der Waals surface area contributed by atoms with Crippen molar-refractivity contribution < 1.29 is 18.4 Å². The first-order valence-corrected chi connectivity index (χ1v) is 13.8. The van der Waals surface area contributed by atoms with Gasteiger partial charge in [0.25, 0.3) is 0 Å². The molecule has 0 radical (unpaired) electrons. The molecular weight excluding hydrogens is 518 g/mol. The summed E-state index contributed by atoms with van der Waals surface area (Å²) < 4.78 is 29.9. The molecule has 0 unspecified atom stereocenters. The lowest BCUT2D eigenvalue weighted by Crippen LogP contribution is -2.44. The molecule has 0 bridgehead atoms. The number of hydrogen-bond acceptors (Lipinski definition) is 4. The third kappa shape index (κ3) is 5.59. The number of rotatable bonds is 7. The van der Waals surface area contributed by atoms with Crippen molar-refractivity contribution in [1.82, 2.24) is 15.1 Å². The Morgan fingerprint density at radius 1 is 1.05 bits per heavy atom. The highest BCUT2D eigenvalue weighted by Gasteiger charge is 2.37. The van der Waals surface area contributed by atoms with Gasteiger partial charge in [0.1, 0.15) is 24.0 Å². The van der Waals surface area contributed by atoms with Crippen LogP contribution in [0.4, 0.5) is 14.6 Å². The smallest absolute Gasteiger partial charge is 0.240 e. The molecule has 2 heterocycles. The summed E-state index contributed by atoms with van der Waals surface area (Å²) in [6, 6.07) is 21.5. The summed E-state index contributed by atoms with van der Waals surface area (Å²) in [4.78, 5) is 28.2. The molecule has 0 saturated carbocycles. The van der Waals surface area contributed by atoms with Gasteiger partial charge in [-0.15, -0.1) is 11.8 Å². The second-order valence-electron chi connectivity index (χ2n) is 9.44. The molecule has 1 aromatic heterocycles. The fraction of sp³-hybridized carbons (Fsp3) is 0.233. The number of amides is 2. The van der Waals surface area contributed by atoms with Crippen LogP contribution >= 0.6 is 11.8 Å². The van der Waals surface area contributed by atoms with Crippen molar-refractivity contribution in [2.45, 2.75) is 31.6 Å². The van der Waals surface area contributed by atoms with Crippen LogP contribution in [0, 0.1) is 11.6 Å². The molecule has 5 rings (SSSR count). The Kier molecular flexibility index (Phi) is 7.79. The number of benzene rings is 3. The first kappa shape index (κ1) is 26.6. The van der Waals surface area contributed by atoms with Crippen LogP contribution in [0.15, 0.2) is 78.9 Å². The summed E-state index contributed by atoms with van der Waals surface area (Å²) in [5, 5.41) is 7.42. The predicted octanol–water partition coefficient (Wildman–Crippen LogP) is 5.90. The Balaban J connectivity index is 1.77. The van der Waals surface area contributed by atoms with E-state index in [-0.39, 0.29) is 36.0 Å². The van der Waals surface area contributed by atoms with E-state index in [0.717, 1.165) is 12.0 Å². The number of anilines is 1. The minimum atomic E-state index is -0.452. The van der Waals surface area contributed by atoms with Crippen molar-refractivity contribution in [3.05, 3.63) is 102 Å². The van der Waals surface area contributed by atoms with Gasteiger partial charge in [0.15, 0.2) is 0 Å². The molecule has 0 saturated heterocycles. The number of nitrogens with one attached hydrogen (secondary N) is 1. The van der Waals surface area contributed by atoms with Crippen LogP contribution in [-0.4, -0.2) is 39.9 Å². The number of aromatic nitrogens is 2. The van der Waals surface area contributed by atoms with E-state index in [0.29, 0.717) is 28.3 Å². The SMILES string of the molecule is CC[C@@H](C)NC(=O)CN1C(=O)CS[C@H](c2cccc(F)c2)c2c(-c3ccccc3)nn(-c3ccc(F)cc3)c21. The topological polar surface area (TPSA) is 67.2 Å². The first-order chi connectivity index (χ1) is 18.9. The average Bonchev–Trinajstić information content (AvgIpc) is 3.26. The monoisotopic (exact) mass is 546 g/mol. The van der Waals surface area contributed by atoms with Gasteiger partial charge in [-0.1, -0.05) is 49.4 Å². The Morgan fingerprint density at radius 2 is 1.79 bits per heavy atom. The summed E-state index contributed by atoms with van der Waals surface area (Å²) in [6.45, 7) is 3.66. The van der Waals surface area contributed by atoms with Crippen LogP contribution in [0.5, 0.6) is 0 Å². The number of halogens is 2. The molecule has 39 heavy (non-hydrogen) atoms. The maximum Gasteiger partial charge on any atom is 0.240 e. The maximum atomic E-state index is 14.4. The number of carbonyl (C=O) groups is 2. The highest BCUT2D eigenvalue weighted by atomic mass is 32.2. The molecule has 1 N–H and O–H groups in total. The standard InChI is InChI=1S/C30H28F2N4O2S/c1-3-19(2)33-25(37)17-35-26(38)18-39-29(21-10-7-11-23(32)16-21)27-28(20-8-5-4-6-9-20)34-36(30(27)35)24-14-12-22(31)13-15-24/h4-16,19,29H,3,17-18H2,1-2H3,(H,33,37)/t19-,29-/m1/s1. The average molecular weight is 547 g/mol. The molecular formula is C30H28F2N4O2S. The van der Waals surface area contributed by atoms with Crippen molar-refractivity contribution in [3.8, 4) is 16.9 Å². The Bertz CT molecular complexity index is 1490. The zero-order valence-electron chi connectivity index (χ0n) is 21.6. The van der Waals surface area contributed by atoms with E-state index in [1.807, 2.05) is 50.2 Å². The lowest BCUT2D eigenvalue weighted by atomic mass is 9.99. The fourth-order valence-electron chi connectivity index (χ4n) is 4.59. The zero-order chi connectivity index (χ0) is 27.5. The van der Waals surface area contributed by atoms with Crippen molar-refractivity contribution >= 4 is 29.4 Å². The summed E-state index contributed by atoms with van der Waals surface area (Å²) in [5.41, 5.74) is 3.28. The van der Waals surface area contributed by atoms with Gasteiger partial charge in [0.05, 0.1) is 22.4 Å². The van der Waals surface area contributed by atoms with Crippen molar-refractivity contribution in [2.24, 2.45) is 0 Å². The second kappa shape index (κ2) is 11.4. The van der Waals surface area contributed by atoms with Crippen LogP contribution in [0.3, 0.4) is 0 Å². The van der Waals surface area contributed by atoms with E-state index in [4.69, 9.17) is 5.10 Å². The third-order valence-electron chi connectivity index (χ3n) is 6.68. The molecule has 200 valence electrons. The van der Waals surface area contributed by atoms with Crippen LogP contribution in [0.1, 0.15) is 36.6 Å². The normalized spacial score (nSPS) is 15.9. The maximum absolute atomic E-state index is 14.4. The summed E-state index contributed by atoms with van der Waals surface area (Å²) in [7, 11) is 0. The summed E-state index contributed by atoms with van der Waals surface area (Å²) >= 11 is 1.36. The number of fused-ring (bicyclic) bond motifs is 1. The number of thioether (sulfide) groups is 1. The van der Waals surface area contributed by atoms with Crippen molar-refractivity contribution in [1.29, 1.82) is 0 Å². The van der Waals surface area contributed by atoms with Crippen LogP contribution in [-0.2, 0) is 9.59 Å². The molecule has 4 aromatic rings. The molecule has 1 aliphatic rings. The molecule has 0 aliphatic carbocycles. The fourth-order valence-corrected chi connectivity index (χ4v) is 5.78. The summed E-state index contributed by atoms with van der Waals surface area (Å²) in [6.07, 6.45) is 0.744. The van der Waals surface area contributed by atoms with Crippen molar-refractivity contribution in [3.63, 3.8) is 0 Å². The van der Waals surface area contributed by atoms with Crippen LogP contribution < -0.4 is 10.2 Å². The highest BCUT2D eigenvalue weighted by Crippen LogP contribution is 2.48. The van der Waals surface area contributed by atoms with E-state index in [1.165, 1.54) is 40.9 Å². The largest absolute Gasteiger partial charge is 0.352 e. The number of nitrogens with zero attached hydrogens (tertiary/aromatic N) is 3. The number of hydrogen-bond donors (Lipinski definition) is 1. The highest BCUT2D eigenvalue weighted by molar-refractivity contribution is 8.00. The molecule has 2 atom stereocenters. The van der Waals surface area contributed by atoms with E-state index in [2.05, 4.69) is 5.32 Å². The molecule has 0 fully saturated rings. The molecule has 0 spiro atoms. The minimum Gasteiger partial charge on any atom is -0.352 e.